The summed E-state index contributed by atoms with van der Waals surface area (Å²) in [7, 11) is 0. The first-order valence-corrected chi connectivity index (χ1v) is 2.91. The number of pyridine rings is 1. The van der Waals surface area contributed by atoms with E-state index in [1.165, 1.54) is 18.3 Å². The van der Waals surface area contributed by atoms with Crippen LogP contribution in [0.2, 0.25) is 5.02 Å². The molecule has 0 amide bonds. The minimum Gasteiger partial charge on any atom is -0.543 e. The molecule has 0 fully saturated rings. The predicted octanol–water partition coefficient (Wildman–Crippen LogP) is -2.90. The van der Waals surface area contributed by atoms with Gasteiger partial charge >= 0.3 is 18.9 Å². The number of halogens is 1. The van der Waals surface area contributed by atoms with Gasteiger partial charge in [-0.2, -0.15) is 0 Å². The zero-order valence-corrected chi connectivity index (χ0v) is 6.63. The average Bonchev–Trinajstić information content (AvgIpc) is 1.88. The summed E-state index contributed by atoms with van der Waals surface area (Å²) in [5.74, 6) is -1.32. The molecule has 52 valence electrons. The van der Waals surface area contributed by atoms with Gasteiger partial charge in [0.05, 0.1) is 11.7 Å². The summed E-state index contributed by atoms with van der Waals surface area (Å²) in [5, 5.41) is 10.5. The van der Waals surface area contributed by atoms with E-state index in [0.29, 0.717) is 5.02 Å². The number of rotatable bonds is 1. The number of carboxylic acid groups (broad SMARTS) is 1. The monoisotopic (exact) mass is 163 g/mol. The summed E-state index contributed by atoms with van der Waals surface area (Å²) in [6.45, 7) is 0. The Morgan fingerprint density at radius 2 is 2.27 bits per heavy atom. The van der Waals surface area contributed by atoms with E-state index in [1.54, 1.807) is 0 Å². The first-order valence-electron chi connectivity index (χ1n) is 2.53. The number of hydrogen-bond donors (Lipinski definition) is 0. The molecular weight excluding hydrogens is 160 g/mol. The van der Waals surface area contributed by atoms with Crippen LogP contribution in [0, 0.1) is 0 Å². The van der Waals surface area contributed by atoms with Crippen molar-refractivity contribution in [1.29, 1.82) is 0 Å². The quantitative estimate of drug-likeness (QED) is 0.418. The number of carbonyl (C=O) groups excluding carboxylic acids is 1. The van der Waals surface area contributed by atoms with Crippen LogP contribution in [0.1, 0.15) is 10.5 Å². The molecule has 0 saturated heterocycles. The van der Waals surface area contributed by atoms with E-state index in [-0.39, 0.29) is 24.6 Å². The Morgan fingerprint density at radius 1 is 1.64 bits per heavy atom. The maximum Gasteiger partial charge on any atom is 1.00 e. The first-order chi connectivity index (χ1) is 4.70. The van der Waals surface area contributed by atoms with Crippen LogP contribution in [0.15, 0.2) is 18.3 Å². The van der Waals surface area contributed by atoms with Gasteiger partial charge < -0.3 is 9.90 Å². The number of aromatic nitrogens is 1. The molecule has 5 heteroatoms. The average molecular weight is 163 g/mol. The largest absolute Gasteiger partial charge is 1.00 e. The second-order valence-electron chi connectivity index (χ2n) is 1.65. The van der Waals surface area contributed by atoms with Gasteiger partial charge in [-0.3, -0.25) is 4.98 Å². The van der Waals surface area contributed by atoms with Crippen molar-refractivity contribution < 1.29 is 28.8 Å². The van der Waals surface area contributed by atoms with E-state index in [1.807, 2.05) is 0 Å². The Labute approximate surface area is 80.6 Å². The van der Waals surface area contributed by atoms with E-state index >= 15 is 0 Å². The van der Waals surface area contributed by atoms with Crippen molar-refractivity contribution in [1.82, 2.24) is 4.98 Å². The predicted molar refractivity (Wildman–Crippen MR) is 33.6 cm³/mol. The Morgan fingerprint density at radius 3 is 2.64 bits per heavy atom. The number of hydrogen-bond acceptors (Lipinski definition) is 3. The third kappa shape index (κ3) is 2.94. The smallest absolute Gasteiger partial charge is 0.543 e. The molecule has 0 saturated carbocycles. The molecular formula is C6H3ClLiNO2. The maximum absolute atomic E-state index is 10.1. The van der Waals surface area contributed by atoms with Gasteiger partial charge in [0, 0.05) is 11.2 Å². The molecule has 0 N–H and O–H groups in total. The van der Waals surface area contributed by atoms with Gasteiger partial charge in [0.2, 0.25) is 0 Å². The van der Waals surface area contributed by atoms with Gasteiger partial charge in [-0.1, -0.05) is 11.6 Å². The summed E-state index contributed by atoms with van der Waals surface area (Å²) in [6, 6.07) is 2.73. The van der Waals surface area contributed by atoms with Crippen LogP contribution >= 0.6 is 11.6 Å². The number of aromatic carboxylic acids is 1. The number of carboxylic acids is 1. The first kappa shape index (κ1) is 10.5. The zero-order valence-electron chi connectivity index (χ0n) is 5.87. The van der Waals surface area contributed by atoms with Crippen LogP contribution in [0.3, 0.4) is 0 Å². The molecule has 1 aromatic rings. The fourth-order valence-electron chi connectivity index (χ4n) is 0.516. The number of nitrogens with zero attached hydrogens (tertiary/aromatic N) is 1. The van der Waals surface area contributed by atoms with E-state index in [0.717, 1.165) is 0 Å². The molecule has 3 nitrogen and oxygen atoms in total. The van der Waals surface area contributed by atoms with Crippen molar-refractivity contribution >= 4 is 17.6 Å². The van der Waals surface area contributed by atoms with E-state index in [4.69, 9.17) is 11.6 Å². The van der Waals surface area contributed by atoms with Crippen LogP contribution in [0.5, 0.6) is 0 Å². The molecule has 0 atom stereocenters. The van der Waals surface area contributed by atoms with Crippen molar-refractivity contribution in [2.75, 3.05) is 0 Å². The fourth-order valence-corrected chi connectivity index (χ4v) is 0.676. The van der Waals surface area contributed by atoms with Crippen molar-refractivity contribution in [2.45, 2.75) is 0 Å². The zero-order chi connectivity index (χ0) is 7.56. The normalized spacial score (nSPS) is 8.45. The topological polar surface area (TPSA) is 53.0 Å². The van der Waals surface area contributed by atoms with Gasteiger partial charge in [0.15, 0.2) is 0 Å². The molecule has 1 aromatic heterocycles. The fraction of sp³-hybridized carbons (Fsp3) is 0. The summed E-state index contributed by atoms with van der Waals surface area (Å²) >= 11 is 5.46. The van der Waals surface area contributed by atoms with Gasteiger partial charge in [0.1, 0.15) is 0 Å². The van der Waals surface area contributed by atoms with E-state index in [9.17, 15) is 9.90 Å². The Balaban J connectivity index is 0.000001000. The van der Waals surface area contributed by atoms with Crippen LogP contribution in [0.25, 0.3) is 0 Å². The molecule has 0 aliphatic heterocycles. The van der Waals surface area contributed by atoms with Crippen LogP contribution in [-0.4, -0.2) is 11.0 Å². The molecule has 0 bridgehead atoms. The SMILES string of the molecule is O=C([O-])c1cc(Cl)ccn1.[Li+]. The van der Waals surface area contributed by atoms with Gasteiger partial charge in [0.25, 0.3) is 0 Å². The Kier molecular flexibility index (Phi) is 4.20. The molecule has 0 aromatic carbocycles. The Hall–Kier alpha value is -0.493. The van der Waals surface area contributed by atoms with Gasteiger partial charge in [-0.25, -0.2) is 0 Å². The standard InChI is InChI=1S/C6H4ClNO2.Li/c7-4-1-2-8-5(3-4)6(9)10;/h1-3H,(H,9,10);/q;+1/p-1. The molecule has 0 radical (unpaired) electrons. The van der Waals surface area contributed by atoms with Crippen LogP contribution in [0.4, 0.5) is 0 Å². The van der Waals surface area contributed by atoms with Crippen molar-refractivity contribution in [3.05, 3.63) is 29.0 Å². The minimum absolute atomic E-state index is 0. The molecule has 0 unspecified atom stereocenters. The van der Waals surface area contributed by atoms with E-state index in [2.05, 4.69) is 4.98 Å². The van der Waals surface area contributed by atoms with Crippen molar-refractivity contribution in [2.24, 2.45) is 0 Å². The van der Waals surface area contributed by atoms with Gasteiger partial charge in [-0.05, 0) is 12.1 Å². The van der Waals surface area contributed by atoms with Crippen LogP contribution < -0.4 is 24.0 Å². The van der Waals surface area contributed by atoms with Crippen LogP contribution in [-0.2, 0) is 0 Å². The summed E-state index contributed by atoms with van der Waals surface area (Å²) in [5.41, 5.74) is -0.146. The Bertz CT molecular complexity index is 267. The molecule has 1 rings (SSSR count). The molecule has 0 aliphatic carbocycles. The molecule has 11 heavy (non-hydrogen) atoms. The summed E-state index contributed by atoms with van der Waals surface area (Å²) < 4.78 is 0. The van der Waals surface area contributed by atoms with Gasteiger partial charge in [-0.15, -0.1) is 0 Å². The van der Waals surface area contributed by atoms with Crippen molar-refractivity contribution in [3.63, 3.8) is 0 Å². The molecule has 1 heterocycles. The second-order valence-corrected chi connectivity index (χ2v) is 2.08. The summed E-state index contributed by atoms with van der Waals surface area (Å²) in [4.78, 5) is 13.6. The third-order valence-corrected chi connectivity index (χ3v) is 1.17. The minimum atomic E-state index is -1.32. The second kappa shape index (κ2) is 4.40. The summed E-state index contributed by atoms with van der Waals surface area (Å²) in [6.07, 6.45) is 1.31. The van der Waals surface area contributed by atoms with Crippen molar-refractivity contribution in [3.8, 4) is 0 Å². The maximum atomic E-state index is 10.1. The third-order valence-electron chi connectivity index (χ3n) is 0.931. The molecule has 0 aliphatic rings. The molecule has 0 spiro atoms. The van der Waals surface area contributed by atoms with E-state index < -0.39 is 5.97 Å². The number of carbonyl (C=O) groups is 1.